The average molecular weight is 428 g/mol. The van der Waals surface area contributed by atoms with Gasteiger partial charge in [-0.3, -0.25) is 9.69 Å². The second-order valence-corrected chi connectivity index (χ2v) is 9.60. The third-order valence-electron chi connectivity index (χ3n) is 8.08. The Bertz CT molecular complexity index is 885. The molecule has 5 rings (SSSR count). The molecule has 0 radical (unpaired) electrons. The van der Waals surface area contributed by atoms with Gasteiger partial charge in [0.25, 0.3) is 5.92 Å². The maximum atomic E-state index is 13.7. The smallest absolute Gasteiger partial charge is 0.334 e. The van der Waals surface area contributed by atoms with Gasteiger partial charge in [0, 0.05) is 31.6 Å². The summed E-state index contributed by atoms with van der Waals surface area (Å²) in [5, 5.41) is 0. The molecule has 3 heterocycles. The van der Waals surface area contributed by atoms with Gasteiger partial charge in [-0.25, -0.2) is 8.78 Å². The van der Waals surface area contributed by atoms with Gasteiger partial charge in [0.2, 0.25) is 5.91 Å². The van der Waals surface area contributed by atoms with Gasteiger partial charge >= 0.3 is 6.18 Å². The number of benzene rings is 1. The van der Waals surface area contributed by atoms with Crippen LogP contribution in [-0.2, 0) is 23.9 Å². The lowest BCUT2D eigenvalue weighted by molar-refractivity contribution is -0.138. The minimum absolute atomic E-state index is 0.00322. The van der Waals surface area contributed by atoms with Crippen molar-refractivity contribution in [2.75, 3.05) is 13.1 Å². The molecule has 164 valence electrons. The van der Waals surface area contributed by atoms with Crippen LogP contribution in [0, 0.1) is 11.3 Å². The lowest BCUT2D eigenvalue weighted by atomic mass is 9.73. The van der Waals surface area contributed by atoms with Crippen LogP contribution in [0.25, 0.3) is 0 Å². The highest BCUT2D eigenvalue weighted by Gasteiger charge is 2.61. The van der Waals surface area contributed by atoms with Crippen LogP contribution in [0.1, 0.15) is 49.3 Å². The number of fused-ring (bicyclic) bond motifs is 2. The Morgan fingerprint density at radius 3 is 2.57 bits per heavy atom. The van der Waals surface area contributed by atoms with Crippen molar-refractivity contribution in [1.82, 2.24) is 9.80 Å². The van der Waals surface area contributed by atoms with Crippen LogP contribution in [0.15, 0.2) is 18.2 Å². The molecule has 1 aromatic carbocycles. The van der Waals surface area contributed by atoms with E-state index in [2.05, 4.69) is 6.92 Å². The van der Waals surface area contributed by atoms with Crippen LogP contribution in [0.3, 0.4) is 0 Å². The van der Waals surface area contributed by atoms with E-state index in [-0.39, 0.29) is 43.4 Å². The number of likely N-dealkylation sites (tertiary alicyclic amines) is 1. The maximum absolute atomic E-state index is 13.7. The van der Waals surface area contributed by atoms with Crippen molar-refractivity contribution in [3.8, 4) is 0 Å². The predicted octanol–water partition coefficient (Wildman–Crippen LogP) is 4.49. The van der Waals surface area contributed by atoms with E-state index < -0.39 is 23.1 Å². The highest BCUT2D eigenvalue weighted by Crippen LogP contribution is 2.56. The number of carbonyl (C=O) groups excluding carboxylic acids is 1. The number of halogens is 5. The van der Waals surface area contributed by atoms with Gasteiger partial charge in [0.15, 0.2) is 0 Å². The Hall–Kier alpha value is -1.70. The van der Waals surface area contributed by atoms with E-state index in [1.54, 1.807) is 11.0 Å². The second-order valence-electron chi connectivity index (χ2n) is 9.60. The van der Waals surface area contributed by atoms with E-state index in [1.807, 2.05) is 4.90 Å². The number of hydrogen-bond acceptors (Lipinski definition) is 2. The molecule has 3 fully saturated rings. The molecule has 4 atom stereocenters. The Morgan fingerprint density at radius 2 is 1.90 bits per heavy atom. The van der Waals surface area contributed by atoms with Crippen molar-refractivity contribution in [2.45, 2.75) is 69.8 Å². The van der Waals surface area contributed by atoms with Gasteiger partial charge in [-0.15, -0.1) is 0 Å². The fourth-order valence-corrected chi connectivity index (χ4v) is 6.35. The molecule has 30 heavy (non-hydrogen) atoms. The minimum Gasteiger partial charge on any atom is -0.334 e. The number of carbonyl (C=O) groups is 1. The molecule has 8 heteroatoms. The van der Waals surface area contributed by atoms with E-state index in [1.165, 1.54) is 0 Å². The Morgan fingerprint density at radius 1 is 1.13 bits per heavy atom. The van der Waals surface area contributed by atoms with Crippen LogP contribution < -0.4 is 0 Å². The molecule has 0 bridgehead atoms. The fourth-order valence-electron chi connectivity index (χ4n) is 6.35. The zero-order valence-corrected chi connectivity index (χ0v) is 16.8. The molecule has 4 aliphatic rings. The largest absolute Gasteiger partial charge is 0.416 e. The molecule has 1 aliphatic carbocycles. The molecule has 1 amide bonds. The molecule has 3 nitrogen and oxygen atoms in total. The molecule has 1 spiro atoms. The maximum Gasteiger partial charge on any atom is 0.416 e. The molecule has 2 saturated heterocycles. The zero-order valence-electron chi connectivity index (χ0n) is 16.8. The van der Waals surface area contributed by atoms with Crippen LogP contribution in [0.2, 0.25) is 0 Å². The van der Waals surface area contributed by atoms with Crippen LogP contribution >= 0.6 is 0 Å². The number of nitrogens with zero attached hydrogens (tertiary/aromatic N) is 2. The third kappa shape index (κ3) is 2.97. The van der Waals surface area contributed by atoms with Gasteiger partial charge < -0.3 is 4.90 Å². The first-order valence-corrected chi connectivity index (χ1v) is 10.6. The number of alkyl halides is 5. The van der Waals surface area contributed by atoms with Crippen LogP contribution in [-0.4, -0.2) is 46.8 Å². The summed E-state index contributed by atoms with van der Waals surface area (Å²) in [6.07, 6.45) is -2.04. The first-order chi connectivity index (χ1) is 14.0. The van der Waals surface area contributed by atoms with Crippen molar-refractivity contribution in [3.63, 3.8) is 0 Å². The Balaban J connectivity index is 1.38. The van der Waals surface area contributed by atoms with E-state index in [0.29, 0.717) is 31.4 Å². The number of rotatable bonds is 1. The lowest BCUT2D eigenvalue weighted by Crippen LogP contribution is -2.40. The van der Waals surface area contributed by atoms with Crippen molar-refractivity contribution in [3.05, 3.63) is 34.9 Å². The summed E-state index contributed by atoms with van der Waals surface area (Å²) >= 11 is 0. The van der Waals surface area contributed by atoms with Crippen molar-refractivity contribution >= 4 is 5.91 Å². The summed E-state index contributed by atoms with van der Waals surface area (Å²) in [7, 11) is 0. The fraction of sp³-hybridized carbons (Fsp3) is 0.682. The second kappa shape index (κ2) is 6.40. The van der Waals surface area contributed by atoms with E-state index in [4.69, 9.17) is 0 Å². The minimum atomic E-state index is -4.41. The standard InChI is InChI=1S/C22H25F5N2O/c1-13-18-9-14-2-3-16(22(25,26)27)8-15(14)11-29(18)19(30)20(13)5-4-17(10-20)28-7-6-21(23,24)12-28/h2-3,8,13,17-18H,4-7,9-12H2,1H3/t13?,17-,18?,20+/m1/s1. The van der Waals surface area contributed by atoms with Gasteiger partial charge in [-0.2, -0.15) is 13.2 Å². The Labute approximate surface area is 172 Å². The monoisotopic (exact) mass is 428 g/mol. The molecule has 3 aliphatic heterocycles. The summed E-state index contributed by atoms with van der Waals surface area (Å²) < 4.78 is 66.7. The topological polar surface area (TPSA) is 23.6 Å². The molecular weight excluding hydrogens is 403 g/mol. The molecule has 1 aromatic rings. The van der Waals surface area contributed by atoms with Crippen molar-refractivity contribution in [1.29, 1.82) is 0 Å². The lowest BCUT2D eigenvalue weighted by Gasteiger charge is -2.33. The van der Waals surface area contributed by atoms with E-state index in [9.17, 15) is 26.7 Å². The zero-order chi connectivity index (χ0) is 21.5. The summed E-state index contributed by atoms with van der Waals surface area (Å²) in [4.78, 5) is 17.1. The predicted molar refractivity (Wildman–Crippen MR) is 99.9 cm³/mol. The highest BCUT2D eigenvalue weighted by atomic mass is 19.4. The van der Waals surface area contributed by atoms with Gasteiger partial charge in [-0.1, -0.05) is 13.0 Å². The molecule has 2 unspecified atom stereocenters. The molecular formula is C22H25F5N2O. The number of hydrogen-bond donors (Lipinski definition) is 0. The molecule has 1 saturated carbocycles. The molecule has 0 N–H and O–H groups in total. The number of amides is 1. The van der Waals surface area contributed by atoms with Gasteiger partial charge in [0.05, 0.1) is 17.5 Å². The van der Waals surface area contributed by atoms with Crippen LogP contribution in [0.4, 0.5) is 22.0 Å². The summed E-state index contributed by atoms with van der Waals surface area (Å²) in [6.45, 7) is 2.37. The SMILES string of the molecule is CC1C2Cc3ccc(C(F)(F)F)cc3CN2C(=O)[C@]12CC[C@@H](N1CCC(F)(F)C1)C2. The first-order valence-electron chi connectivity index (χ1n) is 10.6. The highest BCUT2D eigenvalue weighted by molar-refractivity contribution is 5.87. The van der Waals surface area contributed by atoms with Gasteiger partial charge in [0.1, 0.15) is 0 Å². The normalized spacial score (nSPS) is 35.9. The average Bonchev–Trinajstić information content (AvgIpc) is 3.33. The third-order valence-corrected chi connectivity index (χ3v) is 8.08. The summed E-state index contributed by atoms with van der Waals surface area (Å²) in [5.74, 6) is -2.61. The summed E-state index contributed by atoms with van der Waals surface area (Å²) in [6, 6.07) is 3.76. The van der Waals surface area contributed by atoms with Crippen molar-refractivity contribution in [2.24, 2.45) is 11.3 Å². The Kier molecular flexibility index (Phi) is 4.32. The van der Waals surface area contributed by atoms with E-state index in [0.717, 1.165) is 24.1 Å². The van der Waals surface area contributed by atoms with Crippen molar-refractivity contribution < 1.29 is 26.7 Å². The van der Waals surface area contributed by atoms with E-state index >= 15 is 0 Å². The summed E-state index contributed by atoms with van der Waals surface area (Å²) in [5.41, 5.74) is 0.161. The quantitative estimate of drug-likeness (QED) is 0.616. The van der Waals surface area contributed by atoms with Crippen LogP contribution in [0.5, 0.6) is 0 Å². The van der Waals surface area contributed by atoms with Gasteiger partial charge in [-0.05, 0) is 54.9 Å². The molecule has 0 aromatic heterocycles. The first kappa shape index (κ1) is 20.2.